The number of sulfonamides is 1. The number of pyridine rings is 1. The molecule has 7 nitrogen and oxygen atoms in total. The molecule has 2 heterocycles. The van der Waals surface area contributed by atoms with Crippen molar-refractivity contribution in [2.45, 2.75) is 13.3 Å². The summed E-state index contributed by atoms with van der Waals surface area (Å²) in [6, 6.07) is 13.0. The van der Waals surface area contributed by atoms with Crippen LogP contribution in [-0.2, 0) is 10.0 Å². The Labute approximate surface area is 166 Å². The molecule has 28 heavy (non-hydrogen) atoms. The van der Waals surface area contributed by atoms with Crippen molar-refractivity contribution in [2.75, 3.05) is 43.4 Å². The van der Waals surface area contributed by atoms with Gasteiger partial charge >= 0.3 is 0 Å². The second-order valence-corrected chi connectivity index (χ2v) is 8.96. The zero-order valence-electron chi connectivity index (χ0n) is 16.0. The molecule has 150 valence electrons. The number of amides is 1. The van der Waals surface area contributed by atoms with E-state index in [4.69, 9.17) is 0 Å². The van der Waals surface area contributed by atoms with E-state index in [1.54, 1.807) is 12.3 Å². The maximum Gasteiger partial charge on any atom is 0.251 e. The topological polar surface area (TPSA) is 82.6 Å². The van der Waals surface area contributed by atoms with Crippen LogP contribution in [0.2, 0.25) is 0 Å². The van der Waals surface area contributed by atoms with Gasteiger partial charge in [0.05, 0.1) is 5.75 Å². The van der Waals surface area contributed by atoms with Crippen molar-refractivity contribution in [3.05, 3.63) is 59.8 Å². The van der Waals surface area contributed by atoms with Gasteiger partial charge in [0.25, 0.3) is 5.91 Å². The third-order valence-corrected chi connectivity index (χ3v) is 6.71. The third kappa shape index (κ3) is 5.30. The number of hydrogen-bond acceptors (Lipinski definition) is 5. The molecule has 8 heteroatoms. The van der Waals surface area contributed by atoms with E-state index >= 15 is 0 Å². The van der Waals surface area contributed by atoms with Crippen molar-refractivity contribution < 1.29 is 13.2 Å². The largest absolute Gasteiger partial charge is 0.354 e. The molecule has 0 unspecified atom stereocenters. The Balaban J connectivity index is 1.43. The number of piperazine rings is 1. The second-order valence-electron chi connectivity index (χ2n) is 6.87. The average molecular weight is 403 g/mol. The van der Waals surface area contributed by atoms with Crippen molar-refractivity contribution in [1.82, 2.24) is 14.6 Å². The molecule has 0 spiro atoms. The van der Waals surface area contributed by atoms with Crippen molar-refractivity contribution in [3.8, 4) is 0 Å². The Morgan fingerprint density at radius 1 is 1.11 bits per heavy atom. The maximum absolute atomic E-state index is 12.6. The Bertz CT molecular complexity index is 895. The molecule has 1 amide bonds. The van der Waals surface area contributed by atoms with E-state index < -0.39 is 10.0 Å². The number of carbonyl (C=O) groups excluding carboxylic acids is 1. The minimum atomic E-state index is -3.32. The Hall–Kier alpha value is -2.45. The summed E-state index contributed by atoms with van der Waals surface area (Å²) < 4.78 is 26.7. The minimum absolute atomic E-state index is 0.0324. The zero-order valence-corrected chi connectivity index (χ0v) is 16.9. The highest BCUT2D eigenvalue weighted by Crippen LogP contribution is 2.15. The van der Waals surface area contributed by atoms with Gasteiger partial charge in [-0.05, 0) is 37.6 Å². The quantitative estimate of drug-likeness (QED) is 0.713. The third-order valence-electron chi connectivity index (χ3n) is 4.75. The van der Waals surface area contributed by atoms with Crippen LogP contribution < -0.4 is 10.2 Å². The fourth-order valence-corrected chi connectivity index (χ4v) is 4.70. The van der Waals surface area contributed by atoms with Crippen molar-refractivity contribution in [1.29, 1.82) is 0 Å². The Kier molecular flexibility index (Phi) is 6.64. The summed E-state index contributed by atoms with van der Waals surface area (Å²) in [4.78, 5) is 18.5. The molecule has 1 aliphatic rings. The summed E-state index contributed by atoms with van der Waals surface area (Å²) in [6.07, 6.45) is 2.13. The van der Waals surface area contributed by atoms with E-state index in [1.807, 2.05) is 43.3 Å². The van der Waals surface area contributed by atoms with Crippen LogP contribution in [-0.4, -0.2) is 62.1 Å². The van der Waals surface area contributed by atoms with Crippen LogP contribution in [0.1, 0.15) is 22.3 Å². The van der Waals surface area contributed by atoms with Gasteiger partial charge in [-0.2, -0.15) is 4.31 Å². The number of aryl methyl sites for hydroxylation is 1. The highest BCUT2D eigenvalue weighted by molar-refractivity contribution is 7.89. The minimum Gasteiger partial charge on any atom is -0.354 e. The summed E-state index contributed by atoms with van der Waals surface area (Å²) in [7, 11) is -3.32. The van der Waals surface area contributed by atoms with Crippen molar-refractivity contribution in [3.63, 3.8) is 0 Å². The van der Waals surface area contributed by atoms with Crippen molar-refractivity contribution in [2.24, 2.45) is 0 Å². The van der Waals surface area contributed by atoms with Gasteiger partial charge in [0.15, 0.2) is 0 Å². The fourth-order valence-electron chi connectivity index (χ4n) is 3.21. The molecule has 3 rings (SSSR count). The van der Waals surface area contributed by atoms with Gasteiger partial charge in [-0.1, -0.05) is 23.8 Å². The fraction of sp³-hybridized carbons (Fsp3) is 0.400. The number of anilines is 1. The SMILES string of the molecule is Cc1cccc(C(=O)NCCCS(=O)(=O)N2CCN(c3ccccn3)CC2)c1. The normalized spacial score (nSPS) is 15.4. The van der Waals surface area contributed by atoms with Gasteiger partial charge in [-0.3, -0.25) is 4.79 Å². The number of nitrogens with zero attached hydrogens (tertiary/aromatic N) is 3. The summed E-state index contributed by atoms with van der Waals surface area (Å²) in [6.45, 7) is 4.42. The first-order valence-electron chi connectivity index (χ1n) is 9.44. The molecule has 0 atom stereocenters. The smallest absolute Gasteiger partial charge is 0.251 e. The molecule has 1 fully saturated rings. The van der Waals surface area contributed by atoms with Gasteiger partial charge in [-0.15, -0.1) is 0 Å². The standard InChI is InChI=1S/C20H26N4O3S/c1-17-6-4-7-18(16-17)20(25)22-10-5-15-28(26,27)24-13-11-23(12-14-24)19-8-2-3-9-21-19/h2-4,6-9,16H,5,10-15H2,1H3,(H,22,25). The Morgan fingerprint density at radius 2 is 1.89 bits per heavy atom. The van der Waals surface area contributed by atoms with E-state index in [-0.39, 0.29) is 11.7 Å². The molecular weight excluding hydrogens is 376 g/mol. The lowest BCUT2D eigenvalue weighted by atomic mass is 10.1. The number of nitrogens with one attached hydrogen (secondary N) is 1. The second kappa shape index (κ2) is 9.16. The summed E-state index contributed by atoms with van der Waals surface area (Å²) >= 11 is 0. The number of carbonyl (C=O) groups is 1. The van der Waals surface area contributed by atoms with Gasteiger partial charge in [0, 0.05) is 44.5 Å². The van der Waals surface area contributed by atoms with Gasteiger partial charge in [0.2, 0.25) is 10.0 Å². The average Bonchev–Trinajstić information content (AvgIpc) is 2.72. The zero-order chi connectivity index (χ0) is 20.0. The van der Waals surface area contributed by atoms with Gasteiger partial charge in [0.1, 0.15) is 5.82 Å². The van der Waals surface area contributed by atoms with E-state index in [0.717, 1.165) is 11.4 Å². The molecule has 0 bridgehead atoms. The molecule has 1 aliphatic heterocycles. The Morgan fingerprint density at radius 3 is 2.57 bits per heavy atom. The van der Waals surface area contributed by atoms with Crippen LogP contribution in [0.15, 0.2) is 48.7 Å². The number of aromatic nitrogens is 1. The molecule has 1 aromatic carbocycles. The maximum atomic E-state index is 12.6. The summed E-state index contributed by atoms with van der Waals surface area (Å²) in [5.74, 6) is 0.730. The highest BCUT2D eigenvalue weighted by Gasteiger charge is 2.26. The first kappa shape index (κ1) is 20.3. The number of benzene rings is 1. The number of hydrogen-bond donors (Lipinski definition) is 1. The first-order chi connectivity index (χ1) is 13.5. The van der Waals surface area contributed by atoms with E-state index in [0.29, 0.717) is 44.7 Å². The molecule has 1 N–H and O–H groups in total. The van der Waals surface area contributed by atoms with Gasteiger partial charge < -0.3 is 10.2 Å². The van der Waals surface area contributed by atoms with Crippen LogP contribution in [0.3, 0.4) is 0 Å². The molecular formula is C20H26N4O3S. The lowest BCUT2D eigenvalue weighted by Gasteiger charge is -2.34. The lowest BCUT2D eigenvalue weighted by molar-refractivity contribution is 0.0953. The lowest BCUT2D eigenvalue weighted by Crippen LogP contribution is -2.49. The van der Waals surface area contributed by atoms with Crippen LogP contribution in [0.5, 0.6) is 0 Å². The monoisotopic (exact) mass is 402 g/mol. The predicted octanol–water partition coefficient (Wildman–Crippen LogP) is 1.66. The van der Waals surface area contributed by atoms with Crippen LogP contribution >= 0.6 is 0 Å². The molecule has 1 saturated heterocycles. The molecule has 0 radical (unpaired) electrons. The van der Waals surface area contributed by atoms with Crippen molar-refractivity contribution >= 4 is 21.7 Å². The van der Waals surface area contributed by atoms with E-state index in [9.17, 15) is 13.2 Å². The molecule has 0 saturated carbocycles. The molecule has 0 aliphatic carbocycles. The first-order valence-corrected chi connectivity index (χ1v) is 11.1. The van der Waals surface area contributed by atoms with Gasteiger partial charge in [-0.25, -0.2) is 13.4 Å². The molecule has 1 aromatic heterocycles. The van der Waals surface area contributed by atoms with Crippen LogP contribution in [0.25, 0.3) is 0 Å². The molecule has 2 aromatic rings. The van der Waals surface area contributed by atoms with Crippen LogP contribution in [0, 0.1) is 6.92 Å². The number of rotatable bonds is 7. The van der Waals surface area contributed by atoms with E-state index in [1.165, 1.54) is 4.31 Å². The van der Waals surface area contributed by atoms with E-state index in [2.05, 4.69) is 15.2 Å². The summed E-state index contributed by atoms with van der Waals surface area (Å²) in [5.41, 5.74) is 1.61. The highest BCUT2D eigenvalue weighted by atomic mass is 32.2. The van der Waals surface area contributed by atoms with Crippen LogP contribution in [0.4, 0.5) is 5.82 Å². The predicted molar refractivity (Wildman–Crippen MR) is 110 cm³/mol. The summed E-state index contributed by atoms with van der Waals surface area (Å²) in [5, 5.41) is 2.79.